The van der Waals surface area contributed by atoms with Gasteiger partial charge in [0.2, 0.25) is 0 Å². The molecule has 0 aromatic carbocycles. The normalized spacial score (nSPS) is 33.7. The van der Waals surface area contributed by atoms with Gasteiger partial charge in [0.1, 0.15) is 0 Å². The lowest BCUT2D eigenvalue weighted by molar-refractivity contribution is -0.0110. The van der Waals surface area contributed by atoms with E-state index in [9.17, 15) is 0 Å². The summed E-state index contributed by atoms with van der Waals surface area (Å²) >= 11 is 0. The second kappa shape index (κ2) is 8.37. The van der Waals surface area contributed by atoms with Crippen molar-refractivity contribution in [2.75, 3.05) is 0 Å². The molecule has 2 fully saturated rings. The zero-order chi connectivity index (χ0) is 17.0. The molecule has 0 amide bonds. The van der Waals surface area contributed by atoms with E-state index in [1.807, 2.05) is 0 Å². The summed E-state index contributed by atoms with van der Waals surface area (Å²) in [6.07, 6.45) is 14.3. The lowest BCUT2D eigenvalue weighted by atomic mass is 9.54. The number of rotatable bonds is 6. The van der Waals surface area contributed by atoms with Gasteiger partial charge in [-0.3, -0.25) is 0 Å². The van der Waals surface area contributed by atoms with Crippen LogP contribution in [0.5, 0.6) is 0 Å². The first kappa shape index (κ1) is 19.3. The predicted octanol–water partition coefficient (Wildman–Crippen LogP) is 6.41. The molecular formula is C22H43N. The van der Waals surface area contributed by atoms with Crippen molar-refractivity contribution in [3.8, 4) is 0 Å². The summed E-state index contributed by atoms with van der Waals surface area (Å²) in [6, 6.07) is 0.313. The molecule has 0 spiro atoms. The fraction of sp³-hybridized carbons (Fsp3) is 1.00. The van der Waals surface area contributed by atoms with Gasteiger partial charge >= 0.3 is 0 Å². The average molecular weight is 322 g/mol. The van der Waals surface area contributed by atoms with Crippen LogP contribution in [-0.4, -0.2) is 6.04 Å². The topological polar surface area (TPSA) is 26.0 Å². The van der Waals surface area contributed by atoms with Crippen molar-refractivity contribution in [1.82, 2.24) is 0 Å². The van der Waals surface area contributed by atoms with Crippen molar-refractivity contribution >= 4 is 0 Å². The Kier molecular flexibility index (Phi) is 7.01. The van der Waals surface area contributed by atoms with Crippen LogP contribution in [0.3, 0.4) is 0 Å². The molecule has 0 aliphatic heterocycles. The van der Waals surface area contributed by atoms with Crippen LogP contribution in [0.15, 0.2) is 0 Å². The quantitative estimate of drug-likeness (QED) is 0.601. The third-order valence-corrected chi connectivity index (χ3v) is 8.23. The molecule has 2 N–H and O–H groups in total. The second-order valence-electron chi connectivity index (χ2n) is 9.37. The Morgan fingerprint density at radius 3 is 2.00 bits per heavy atom. The van der Waals surface area contributed by atoms with E-state index in [-0.39, 0.29) is 0 Å². The molecule has 4 atom stereocenters. The second-order valence-corrected chi connectivity index (χ2v) is 9.37. The summed E-state index contributed by atoms with van der Waals surface area (Å²) in [4.78, 5) is 0. The van der Waals surface area contributed by atoms with Crippen molar-refractivity contribution in [3.05, 3.63) is 0 Å². The predicted molar refractivity (Wildman–Crippen MR) is 102 cm³/mol. The fourth-order valence-electron chi connectivity index (χ4n) is 6.16. The van der Waals surface area contributed by atoms with Crippen molar-refractivity contribution in [2.24, 2.45) is 40.7 Å². The molecule has 23 heavy (non-hydrogen) atoms. The van der Waals surface area contributed by atoms with E-state index >= 15 is 0 Å². The summed E-state index contributed by atoms with van der Waals surface area (Å²) in [6.45, 7) is 12.3. The van der Waals surface area contributed by atoms with E-state index in [0.717, 1.165) is 29.6 Å². The molecule has 1 nitrogen and oxygen atoms in total. The summed E-state index contributed by atoms with van der Waals surface area (Å²) in [7, 11) is 0. The molecule has 1 heteroatoms. The Balaban J connectivity index is 2.16. The van der Waals surface area contributed by atoms with Gasteiger partial charge in [-0.15, -0.1) is 0 Å². The molecule has 0 heterocycles. The minimum atomic E-state index is 0.313. The molecule has 2 rings (SSSR count). The summed E-state index contributed by atoms with van der Waals surface area (Å²) < 4.78 is 0. The standard InChI is InChI=1S/C22H43N/c1-6-21(19-10-8-7-9-11-19)17(3)22(5,18(4)23)20-14-12-16(2)13-15-20/h16-21H,6-15,23H2,1-5H3. The molecule has 0 aromatic heterocycles. The highest BCUT2D eigenvalue weighted by Crippen LogP contribution is 2.51. The van der Waals surface area contributed by atoms with Crippen LogP contribution in [-0.2, 0) is 0 Å². The molecule has 0 radical (unpaired) electrons. The van der Waals surface area contributed by atoms with Gasteiger partial charge in [0.15, 0.2) is 0 Å². The van der Waals surface area contributed by atoms with Gasteiger partial charge in [-0.1, -0.05) is 79.1 Å². The number of hydrogen-bond donors (Lipinski definition) is 1. The molecular weight excluding hydrogens is 278 g/mol. The van der Waals surface area contributed by atoms with Gasteiger partial charge in [-0.05, 0) is 54.8 Å². The Bertz CT molecular complexity index is 336. The first-order valence-corrected chi connectivity index (χ1v) is 10.7. The van der Waals surface area contributed by atoms with Gasteiger partial charge in [0, 0.05) is 6.04 Å². The first-order chi connectivity index (χ1) is 10.9. The van der Waals surface area contributed by atoms with Crippen molar-refractivity contribution < 1.29 is 0 Å². The zero-order valence-electron chi connectivity index (χ0n) is 16.6. The van der Waals surface area contributed by atoms with E-state index in [0.29, 0.717) is 11.5 Å². The van der Waals surface area contributed by atoms with Crippen molar-refractivity contribution in [1.29, 1.82) is 0 Å². The summed E-state index contributed by atoms with van der Waals surface area (Å²) in [5.41, 5.74) is 6.98. The van der Waals surface area contributed by atoms with E-state index in [2.05, 4.69) is 34.6 Å². The summed E-state index contributed by atoms with van der Waals surface area (Å²) in [5.74, 6) is 4.37. The molecule has 2 aliphatic rings. The van der Waals surface area contributed by atoms with Gasteiger partial charge in [0.25, 0.3) is 0 Å². The van der Waals surface area contributed by atoms with Crippen molar-refractivity contribution in [3.63, 3.8) is 0 Å². The Hall–Kier alpha value is -0.0400. The third kappa shape index (κ3) is 4.14. The highest BCUT2D eigenvalue weighted by atomic mass is 14.7. The Labute approximate surface area is 146 Å². The fourth-order valence-corrected chi connectivity index (χ4v) is 6.16. The largest absolute Gasteiger partial charge is 0.327 e. The molecule has 0 saturated heterocycles. The first-order valence-electron chi connectivity index (χ1n) is 10.7. The van der Waals surface area contributed by atoms with Crippen LogP contribution < -0.4 is 5.73 Å². The van der Waals surface area contributed by atoms with E-state index in [1.54, 1.807) is 0 Å². The maximum absolute atomic E-state index is 6.66. The summed E-state index contributed by atoms with van der Waals surface area (Å²) in [5, 5.41) is 0. The van der Waals surface area contributed by atoms with Gasteiger partial charge in [0.05, 0.1) is 0 Å². The Morgan fingerprint density at radius 2 is 1.52 bits per heavy atom. The van der Waals surface area contributed by atoms with Crippen LogP contribution >= 0.6 is 0 Å². The van der Waals surface area contributed by atoms with Gasteiger partial charge in [-0.25, -0.2) is 0 Å². The van der Waals surface area contributed by atoms with Gasteiger partial charge < -0.3 is 5.73 Å². The Morgan fingerprint density at radius 1 is 0.957 bits per heavy atom. The molecule has 136 valence electrons. The average Bonchev–Trinajstić information content (AvgIpc) is 2.56. The molecule has 2 saturated carbocycles. The van der Waals surface area contributed by atoms with Crippen LogP contribution in [0.4, 0.5) is 0 Å². The monoisotopic (exact) mass is 321 g/mol. The third-order valence-electron chi connectivity index (χ3n) is 8.23. The highest BCUT2D eigenvalue weighted by Gasteiger charge is 2.46. The van der Waals surface area contributed by atoms with Crippen LogP contribution in [0.2, 0.25) is 0 Å². The zero-order valence-corrected chi connectivity index (χ0v) is 16.6. The minimum Gasteiger partial charge on any atom is -0.327 e. The molecule has 2 aliphatic carbocycles. The SMILES string of the molecule is CCC(C1CCCCC1)C(C)C(C)(C(C)N)C1CCC(C)CC1. The smallest absolute Gasteiger partial charge is 0.00696 e. The van der Waals surface area contributed by atoms with E-state index < -0.39 is 0 Å². The molecule has 4 unspecified atom stereocenters. The minimum absolute atomic E-state index is 0.313. The maximum atomic E-state index is 6.66. The van der Waals surface area contributed by atoms with Crippen molar-refractivity contribution in [2.45, 2.75) is 105 Å². The lowest BCUT2D eigenvalue weighted by Crippen LogP contribution is -2.51. The van der Waals surface area contributed by atoms with Crippen LogP contribution in [0, 0.1) is 35.0 Å². The molecule has 0 aromatic rings. The lowest BCUT2D eigenvalue weighted by Gasteiger charge is -2.52. The van der Waals surface area contributed by atoms with E-state index in [4.69, 9.17) is 5.73 Å². The maximum Gasteiger partial charge on any atom is 0.00696 e. The highest BCUT2D eigenvalue weighted by molar-refractivity contribution is 4.97. The van der Waals surface area contributed by atoms with Crippen LogP contribution in [0.25, 0.3) is 0 Å². The van der Waals surface area contributed by atoms with Crippen LogP contribution in [0.1, 0.15) is 98.8 Å². The molecule has 0 bridgehead atoms. The van der Waals surface area contributed by atoms with E-state index in [1.165, 1.54) is 64.2 Å². The van der Waals surface area contributed by atoms with Gasteiger partial charge in [-0.2, -0.15) is 0 Å². The number of hydrogen-bond acceptors (Lipinski definition) is 1. The number of nitrogens with two attached hydrogens (primary N) is 1.